The van der Waals surface area contributed by atoms with Gasteiger partial charge in [0.1, 0.15) is 12.4 Å². The number of hydrogen-bond acceptors (Lipinski definition) is 5. The summed E-state index contributed by atoms with van der Waals surface area (Å²) in [7, 11) is 1.11. The second-order valence-corrected chi connectivity index (χ2v) is 3.95. The normalized spacial score (nSPS) is 11.5. The van der Waals surface area contributed by atoms with E-state index in [0.29, 0.717) is 5.75 Å². The molecule has 0 N–H and O–H groups in total. The number of Topliss-reactive ketones (excluding diaryl/α,β-unsaturated/α-hetero) is 1. The van der Waals surface area contributed by atoms with Crippen LogP contribution < -0.4 is 9.84 Å². The van der Waals surface area contributed by atoms with Gasteiger partial charge in [0.05, 0.1) is 12.7 Å². The number of carbonyl (C=O) groups is 2. The van der Waals surface area contributed by atoms with Crippen LogP contribution in [0.15, 0.2) is 35.6 Å². The minimum Gasteiger partial charge on any atom is -0.873 e. The number of methoxy groups -OCH3 is 1. The quantitative estimate of drug-likeness (QED) is 0.257. The molecule has 102 valence electrons. The third-order valence-electron chi connectivity index (χ3n) is 2.38. The summed E-state index contributed by atoms with van der Waals surface area (Å²) in [4.78, 5) is 22.5. The van der Waals surface area contributed by atoms with Crippen LogP contribution in [0.2, 0.25) is 0 Å². The number of benzene rings is 1. The molecule has 0 aromatic heterocycles. The van der Waals surface area contributed by atoms with Crippen molar-refractivity contribution in [3.05, 3.63) is 41.2 Å². The molecular weight excluding hydrogens is 248 g/mol. The fourth-order valence-electron chi connectivity index (χ4n) is 1.48. The van der Waals surface area contributed by atoms with Crippen molar-refractivity contribution in [3.8, 4) is 5.75 Å². The Morgan fingerprint density at radius 1 is 1.32 bits per heavy atom. The Labute approximate surface area is 111 Å². The molecule has 19 heavy (non-hydrogen) atoms. The molecule has 0 atom stereocenters. The molecule has 0 saturated carbocycles. The van der Waals surface area contributed by atoms with Crippen LogP contribution in [0, 0.1) is 6.92 Å². The van der Waals surface area contributed by atoms with Gasteiger partial charge in [0.25, 0.3) is 0 Å². The van der Waals surface area contributed by atoms with Crippen molar-refractivity contribution in [2.75, 3.05) is 13.7 Å². The molecule has 0 heterocycles. The van der Waals surface area contributed by atoms with Crippen LogP contribution in [-0.4, -0.2) is 25.5 Å². The lowest BCUT2D eigenvalue weighted by Crippen LogP contribution is -2.24. The fourth-order valence-corrected chi connectivity index (χ4v) is 1.48. The van der Waals surface area contributed by atoms with E-state index in [1.807, 2.05) is 13.0 Å². The first-order valence-corrected chi connectivity index (χ1v) is 5.64. The van der Waals surface area contributed by atoms with Gasteiger partial charge in [0.15, 0.2) is 5.78 Å². The van der Waals surface area contributed by atoms with Gasteiger partial charge in [-0.2, -0.15) is 0 Å². The Balaban J connectivity index is 2.84. The van der Waals surface area contributed by atoms with Gasteiger partial charge in [0, 0.05) is 0 Å². The first-order valence-electron chi connectivity index (χ1n) is 5.64. The van der Waals surface area contributed by atoms with Crippen molar-refractivity contribution >= 4 is 11.8 Å². The van der Waals surface area contributed by atoms with Crippen molar-refractivity contribution in [2.24, 2.45) is 0 Å². The van der Waals surface area contributed by atoms with E-state index in [4.69, 9.17) is 4.74 Å². The molecule has 0 aliphatic carbocycles. The van der Waals surface area contributed by atoms with Gasteiger partial charge in [-0.25, -0.2) is 4.79 Å². The number of hydrogen-bond donors (Lipinski definition) is 0. The van der Waals surface area contributed by atoms with E-state index in [1.54, 1.807) is 18.2 Å². The summed E-state index contributed by atoms with van der Waals surface area (Å²) in [6.45, 7) is 2.64. The topological polar surface area (TPSA) is 75.7 Å². The van der Waals surface area contributed by atoms with Crippen molar-refractivity contribution < 1.29 is 24.2 Å². The molecule has 5 heteroatoms. The van der Waals surface area contributed by atoms with Gasteiger partial charge < -0.3 is 14.6 Å². The van der Waals surface area contributed by atoms with E-state index in [2.05, 4.69) is 4.74 Å². The maximum absolute atomic E-state index is 11.8. The van der Waals surface area contributed by atoms with E-state index >= 15 is 0 Å². The SMILES string of the molecule is COC(=O)C(C(C)=O)=C([O-])COc1cccc(C)c1. The lowest BCUT2D eigenvalue weighted by Gasteiger charge is -2.17. The van der Waals surface area contributed by atoms with Crippen LogP contribution in [0.25, 0.3) is 0 Å². The number of rotatable bonds is 5. The van der Waals surface area contributed by atoms with Gasteiger partial charge >= 0.3 is 5.97 Å². The summed E-state index contributed by atoms with van der Waals surface area (Å²) in [5.41, 5.74) is 0.476. The highest BCUT2D eigenvalue weighted by Gasteiger charge is 2.16. The van der Waals surface area contributed by atoms with Crippen LogP contribution in [-0.2, 0) is 14.3 Å². The Kier molecular flexibility index (Phi) is 5.11. The molecule has 0 unspecified atom stereocenters. The molecule has 0 radical (unpaired) electrons. The third kappa shape index (κ3) is 4.13. The first-order chi connectivity index (χ1) is 8.95. The van der Waals surface area contributed by atoms with E-state index in [0.717, 1.165) is 19.6 Å². The molecule has 0 aliphatic rings. The molecule has 1 aromatic rings. The van der Waals surface area contributed by atoms with E-state index < -0.39 is 23.1 Å². The summed E-state index contributed by atoms with van der Waals surface area (Å²) in [6.07, 6.45) is 0. The standard InChI is InChI=1S/C14H16O5/c1-9-5-4-6-11(7-9)19-8-12(16)13(10(2)15)14(17)18-3/h4-7,16H,8H2,1-3H3/p-1. The highest BCUT2D eigenvalue weighted by Crippen LogP contribution is 2.13. The Morgan fingerprint density at radius 2 is 2.00 bits per heavy atom. The van der Waals surface area contributed by atoms with Crippen LogP contribution in [0.1, 0.15) is 12.5 Å². The zero-order valence-electron chi connectivity index (χ0n) is 11.1. The summed E-state index contributed by atoms with van der Waals surface area (Å²) in [6, 6.07) is 7.10. The smallest absolute Gasteiger partial charge is 0.340 e. The number of esters is 1. The second-order valence-electron chi connectivity index (χ2n) is 3.95. The molecule has 1 aromatic carbocycles. The van der Waals surface area contributed by atoms with E-state index in [1.165, 1.54) is 0 Å². The number of aryl methyl sites for hydroxylation is 1. The fraction of sp³-hybridized carbons (Fsp3) is 0.286. The molecular formula is C14H15O5-. The Bertz CT molecular complexity index is 516. The summed E-state index contributed by atoms with van der Waals surface area (Å²) >= 11 is 0. The van der Waals surface area contributed by atoms with Crippen LogP contribution in [0.3, 0.4) is 0 Å². The van der Waals surface area contributed by atoms with Crippen molar-refractivity contribution in [3.63, 3.8) is 0 Å². The zero-order valence-corrected chi connectivity index (χ0v) is 11.1. The van der Waals surface area contributed by atoms with Gasteiger partial charge in [-0.3, -0.25) is 4.79 Å². The first kappa shape index (κ1) is 14.8. The summed E-state index contributed by atoms with van der Waals surface area (Å²) in [5.74, 6) is -1.77. The van der Waals surface area contributed by atoms with Gasteiger partial charge in [-0.15, -0.1) is 0 Å². The summed E-state index contributed by atoms with van der Waals surface area (Å²) < 4.78 is 9.64. The second kappa shape index (κ2) is 6.58. The van der Waals surface area contributed by atoms with Crippen molar-refractivity contribution in [1.29, 1.82) is 0 Å². The van der Waals surface area contributed by atoms with Gasteiger partial charge in [-0.1, -0.05) is 17.9 Å². The lowest BCUT2D eigenvalue weighted by atomic mass is 10.1. The molecule has 0 saturated heterocycles. The number of ketones is 1. The molecule has 5 nitrogen and oxygen atoms in total. The summed E-state index contributed by atoms with van der Waals surface area (Å²) in [5, 5.41) is 11.8. The molecule has 0 amide bonds. The lowest BCUT2D eigenvalue weighted by molar-refractivity contribution is -0.310. The number of carbonyl (C=O) groups excluding carboxylic acids is 2. The van der Waals surface area contributed by atoms with Crippen LogP contribution in [0.5, 0.6) is 5.75 Å². The maximum Gasteiger partial charge on any atom is 0.340 e. The zero-order chi connectivity index (χ0) is 14.4. The van der Waals surface area contributed by atoms with Gasteiger partial charge in [0.2, 0.25) is 0 Å². The maximum atomic E-state index is 11.8. The average Bonchev–Trinajstić information content (AvgIpc) is 2.36. The van der Waals surface area contributed by atoms with E-state index in [-0.39, 0.29) is 6.61 Å². The van der Waals surface area contributed by atoms with Crippen LogP contribution in [0.4, 0.5) is 0 Å². The Morgan fingerprint density at radius 3 is 2.53 bits per heavy atom. The molecule has 0 spiro atoms. The van der Waals surface area contributed by atoms with Crippen molar-refractivity contribution in [2.45, 2.75) is 13.8 Å². The predicted octanol–water partition coefficient (Wildman–Crippen LogP) is 0.750. The molecule has 0 bridgehead atoms. The molecule has 1 rings (SSSR count). The monoisotopic (exact) mass is 263 g/mol. The molecule has 0 fully saturated rings. The largest absolute Gasteiger partial charge is 0.873 e. The highest BCUT2D eigenvalue weighted by molar-refractivity contribution is 6.16. The number of ether oxygens (including phenoxy) is 2. The van der Waals surface area contributed by atoms with Crippen LogP contribution >= 0.6 is 0 Å². The van der Waals surface area contributed by atoms with E-state index in [9.17, 15) is 14.7 Å². The minimum atomic E-state index is -0.939. The third-order valence-corrected chi connectivity index (χ3v) is 2.38. The average molecular weight is 263 g/mol. The Hall–Kier alpha value is -2.30. The van der Waals surface area contributed by atoms with Gasteiger partial charge in [-0.05, 0) is 31.5 Å². The minimum absolute atomic E-state index is 0.381. The molecule has 0 aliphatic heterocycles. The highest BCUT2D eigenvalue weighted by atomic mass is 16.5. The predicted molar refractivity (Wildman–Crippen MR) is 66.4 cm³/mol. The van der Waals surface area contributed by atoms with Crippen molar-refractivity contribution in [1.82, 2.24) is 0 Å².